The second-order valence-electron chi connectivity index (χ2n) is 3.91. The van der Waals surface area contributed by atoms with Gasteiger partial charge in [-0.05, 0) is 33.1 Å². The summed E-state index contributed by atoms with van der Waals surface area (Å²) in [6.45, 7) is 4.47. The van der Waals surface area contributed by atoms with Crippen LogP contribution in [0, 0.1) is 0 Å². The third kappa shape index (κ3) is 11.2. The number of ether oxygens (including phenoxy) is 2. The van der Waals surface area contributed by atoms with Gasteiger partial charge in [0.1, 0.15) is 0 Å². The van der Waals surface area contributed by atoms with Crippen molar-refractivity contribution < 1.29 is 19.1 Å². The summed E-state index contributed by atoms with van der Waals surface area (Å²) < 4.78 is 9.59. The molecule has 0 rings (SSSR count). The van der Waals surface area contributed by atoms with Crippen LogP contribution in [0.4, 0.5) is 0 Å². The average molecular weight is 256 g/mol. The lowest BCUT2D eigenvalue weighted by atomic mass is 10.1. The van der Waals surface area contributed by atoms with Crippen molar-refractivity contribution in [2.75, 3.05) is 13.2 Å². The lowest BCUT2D eigenvalue weighted by molar-refractivity contribution is -0.143. The van der Waals surface area contributed by atoms with Crippen LogP contribution in [-0.4, -0.2) is 25.2 Å². The number of hydrogen-bond donors (Lipinski definition) is 0. The van der Waals surface area contributed by atoms with Crippen LogP contribution in [0.1, 0.15) is 52.4 Å². The summed E-state index contributed by atoms with van der Waals surface area (Å²) >= 11 is 0. The van der Waals surface area contributed by atoms with Crippen LogP contribution < -0.4 is 0 Å². The molecule has 0 radical (unpaired) electrons. The molecule has 4 nitrogen and oxygen atoms in total. The summed E-state index contributed by atoms with van der Waals surface area (Å²) in [6.07, 6.45) is 8.67. The molecule has 0 aromatic rings. The molecule has 0 aromatic heterocycles. The number of hydrogen-bond acceptors (Lipinski definition) is 4. The Morgan fingerprint density at radius 1 is 0.944 bits per heavy atom. The van der Waals surface area contributed by atoms with Crippen LogP contribution in [0.5, 0.6) is 0 Å². The quantitative estimate of drug-likeness (QED) is 0.342. The molecule has 0 N–H and O–H groups in total. The molecule has 0 heterocycles. The SMILES string of the molecule is CCOC(=O)/C=C/CCCCCCC(=O)OCC. The second kappa shape index (κ2) is 12.1. The smallest absolute Gasteiger partial charge is 0.330 e. The predicted molar refractivity (Wildman–Crippen MR) is 70.1 cm³/mol. The Hall–Kier alpha value is -1.32. The van der Waals surface area contributed by atoms with Crippen molar-refractivity contribution in [1.82, 2.24) is 0 Å². The molecule has 4 heteroatoms. The number of allylic oxidation sites excluding steroid dienone is 1. The molecule has 0 fully saturated rings. The van der Waals surface area contributed by atoms with E-state index < -0.39 is 0 Å². The van der Waals surface area contributed by atoms with Crippen LogP contribution in [0.3, 0.4) is 0 Å². The number of carbonyl (C=O) groups is 2. The van der Waals surface area contributed by atoms with Crippen molar-refractivity contribution in [2.24, 2.45) is 0 Å². The minimum absolute atomic E-state index is 0.111. The van der Waals surface area contributed by atoms with Gasteiger partial charge in [0.25, 0.3) is 0 Å². The first-order valence-electron chi connectivity index (χ1n) is 6.69. The highest BCUT2D eigenvalue weighted by molar-refractivity contribution is 5.81. The fourth-order valence-corrected chi connectivity index (χ4v) is 1.49. The van der Waals surface area contributed by atoms with Crippen molar-refractivity contribution in [1.29, 1.82) is 0 Å². The normalized spacial score (nSPS) is 10.6. The molecule has 0 saturated heterocycles. The molecular formula is C14H24O4. The Bertz CT molecular complexity index is 259. The zero-order valence-electron chi connectivity index (χ0n) is 11.4. The van der Waals surface area contributed by atoms with Crippen LogP contribution in [0.25, 0.3) is 0 Å². The highest BCUT2D eigenvalue weighted by Gasteiger charge is 2.00. The average Bonchev–Trinajstić information content (AvgIpc) is 2.33. The van der Waals surface area contributed by atoms with Crippen molar-refractivity contribution in [3.8, 4) is 0 Å². The maximum Gasteiger partial charge on any atom is 0.330 e. The van der Waals surface area contributed by atoms with Gasteiger partial charge in [0.05, 0.1) is 13.2 Å². The molecule has 0 unspecified atom stereocenters. The first-order valence-corrected chi connectivity index (χ1v) is 6.69. The van der Waals surface area contributed by atoms with E-state index in [9.17, 15) is 9.59 Å². The summed E-state index contributed by atoms with van der Waals surface area (Å²) in [4.78, 5) is 22.0. The fourth-order valence-electron chi connectivity index (χ4n) is 1.49. The monoisotopic (exact) mass is 256 g/mol. The van der Waals surface area contributed by atoms with Gasteiger partial charge in [-0.1, -0.05) is 18.9 Å². The number of esters is 2. The minimum atomic E-state index is -0.278. The van der Waals surface area contributed by atoms with Gasteiger partial charge >= 0.3 is 11.9 Å². The number of rotatable bonds is 10. The summed E-state index contributed by atoms with van der Waals surface area (Å²) in [5.74, 6) is -0.389. The molecule has 0 aliphatic heterocycles. The molecule has 0 aliphatic carbocycles. The van der Waals surface area contributed by atoms with Gasteiger partial charge in [-0.25, -0.2) is 4.79 Å². The Balaban J connectivity index is 3.30. The molecule has 18 heavy (non-hydrogen) atoms. The molecule has 0 aliphatic rings. The zero-order chi connectivity index (χ0) is 13.6. The zero-order valence-corrected chi connectivity index (χ0v) is 11.4. The van der Waals surface area contributed by atoms with Crippen molar-refractivity contribution in [2.45, 2.75) is 52.4 Å². The van der Waals surface area contributed by atoms with Gasteiger partial charge in [-0.3, -0.25) is 4.79 Å². The van der Waals surface area contributed by atoms with Crippen LogP contribution in [0.15, 0.2) is 12.2 Å². The van der Waals surface area contributed by atoms with E-state index in [4.69, 9.17) is 9.47 Å². The minimum Gasteiger partial charge on any atom is -0.466 e. The van der Waals surface area contributed by atoms with Gasteiger partial charge in [0, 0.05) is 12.5 Å². The molecule has 0 aromatic carbocycles. The van der Waals surface area contributed by atoms with Crippen molar-refractivity contribution >= 4 is 11.9 Å². The molecule has 104 valence electrons. The van der Waals surface area contributed by atoms with Crippen molar-refractivity contribution in [3.05, 3.63) is 12.2 Å². The Morgan fingerprint density at radius 3 is 2.28 bits per heavy atom. The fraction of sp³-hybridized carbons (Fsp3) is 0.714. The highest BCUT2D eigenvalue weighted by Crippen LogP contribution is 2.06. The van der Waals surface area contributed by atoms with E-state index in [-0.39, 0.29) is 11.9 Å². The van der Waals surface area contributed by atoms with E-state index in [0.717, 1.165) is 32.1 Å². The molecule has 0 amide bonds. The van der Waals surface area contributed by atoms with Crippen LogP contribution in [-0.2, 0) is 19.1 Å². The Labute approximate surface area is 109 Å². The van der Waals surface area contributed by atoms with Gasteiger partial charge in [-0.2, -0.15) is 0 Å². The Morgan fingerprint density at radius 2 is 1.61 bits per heavy atom. The summed E-state index contributed by atoms with van der Waals surface area (Å²) in [5, 5.41) is 0. The molecule has 0 saturated carbocycles. The highest BCUT2D eigenvalue weighted by atomic mass is 16.5. The largest absolute Gasteiger partial charge is 0.466 e. The van der Waals surface area contributed by atoms with E-state index >= 15 is 0 Å². The lowest BCUT2D eigenvalue weighted by Crippen LogP contribution is -2.03. The standard InChI is InChI=1S/C14H24O4/c1-3-17-13(15)11-9-7-5-6-8-10-12-14(16)18-4-2/h9,11H,3-8,10,12H2,1-2H3/b11-9+. The van der Waals surface area contributed by atoms with E-state index in [1.165, 1.54) is 6.08 Å². The maximum atomic E-state index is 11.0. The van der Waals surface area contributed by atoms with E-state index in [1.54, 1.807) is 6.92 Å². The maximum absolute atomic E-state index is 11.0. The summed E-state index contributed by atoms with van der Waals surface area (Å²) in [5.41, 5.74) is 0. The molecule has 0 bridgehead atoms. The summed E-state index contributed by atoms with van der Waals surface area (Å²) in [6, 6.07) is 0. The number of unbranched alkanes of at least 4 members (excludes halogenated alkanes) is 4. The van der Waals surface area contributed by atoms with Crippen LogP contribution >= 0.6 is 0 Å². The summed E-state index contributed by atoms with van der Waals surface area (Å²) in [7, 11) is 0. The van der Waals surface area contributed by atoms with E-state index in [2.05, 4.69) is 0 Å². The molecular weight excluding hydrogens is 232 g/mol. The topological polar surface area (TPSA) is 52.6 Å². The van der Waals surface area contributed by atoms with E-state index in [0.29, 0.717) is 19.6 Å². The number of carbonyl (C=O) groups excluding carboxylic acids is 2. The van der Waals surface area contributed by atoms with E-state index in [1.807, 2.05) is 13.0 Å². The second-order valence-corrected chi connectivity index (χ2v) is 3.91. The lowest BCUT2D eigenvalue weighted by Gasteiger charge is -2.01. The molecule has 0 spiro atoms. The molecule has 0 atom stereocenters. The van der Waals surface area contributed by atoms with Gasteiger partial charge in [-0.15, -0.1) is 0 Å². The predicted octanol–water partition coefficient (Wildman–Crippen LogP) is 3.01. The van der Waals surface area contributed by atoms with Gasteiger partial charge in [0.2, 0.25) is 0 Å². The van der Waals surface area contributed by atoms with Crippen molar-refractivity contribution in [3.63, 3.8) is 0 Å². The van der Waals surface area contributed by atoms with Gasteiger partial charge in [0.15, 0.2) is 0 Å². The van der Waals surface area contributed by atoms with Crippen LogP contribution in [0.2, 0.25) is 0 Å². The first kappa shape index (κ1) is 16.7. The van der Waals surface area contributed by atoms with Gasteiger partial charge < -0.3 is 9.47 Å². The first-order chi connectivity index (χ1) is 8.70. The third-order valence-corrected chi connectivity index (χ3v) is 2.35. The Kier molecular flexibility index (Phi) is 11.3. The third-order valence-electron chi connectivity index (χ3n) is 2.35.